The van der Waals surface area contributed by atoms with Crippen LogP contribution in [-0.4, -0.2) is 40.0 Å². The topological polar surface area (TPSA) is 78.4 Å². The lowest BCUT2D eigenvalue weighted by molar-refractivity contribution is -0.118. The van der Waals surface area contributed by atoms with Crippen molar-refractivity contribution in [1.82, 2.24) is 20.3 Å². The van der Waals surface area contributed by atoms with E-state index in [1.54, 1.807) is 11.1 Å². The Hall–Kier alpha value is -1.89. The lowest BCUT2D eigenvalue weighted by Crippen LogP contribution is -2.47. The van der Waals surface area contributed by atoms with Crippen LogP contribution >= 0.6 is 11.6 Å². The third-order valence-electron chi connectivity index (χ3n) is 2.48. The molecule has 1 saturated heterocycles. The van der Waals surface area contributed by atoms with Gasteiger partial charge in [0.15, 0.2) is 5.82 Å². The first kappa shape index (κ1) is 13.5. The average Bonchev–Trinajstić information content (AvgIpc) is 2.65. The Morgan fingerprint density at radius 2 is 2.26 bits per heavy atom. The minimum Gasteiger partial charge on any atom is -0.275 e. The molecule has 0 radical (unpaired) electrons. The number of aromatic nitrogens is 2. The number of hydrogen-bond donors (Lipinski definition) is 1. The number of nitrogens with zero attached hydrogens (tertiary/aromatic N) is 4. The van der Waals surface area contributed by atoms with E-state index < -0.39 is 6.03 Å². The molecule has 2 heterocycles. The summed E-state index contributed by atoms with van der Waals surface area (Å²) in [4.78, 5) is 30.9. The van der Waals surface area contributed by atoms with Gasteiger partial charge in [-0.2, -0.15) is 4.98 Å². The second-order valence-electron chi connectivity index (χ2n) is 4.57. The van der Waals surface area contributed by atoms with Crippen LogP contribution in [0.3, 0.4) is 0 Å². The van der Waals surface area contributed by atoms with E-state index in [1.807, 2.05) is 13.8 Å². The van der Waals surface area contributed by atoms with E-state index in [-0.39, 0.29) is 23.7 Å². The number of imide groups is 1. The van der Waals surface area contributed by atoms with Gasteiger partial charge in [-0.1, -0.05) is 13.8 Å². The van der Waals surface area contributed by atoms with Crippen LogP contribution in [0.5, 0.6) is 0 Å². The minimum absolute atomic E-state index is 0.0207. The molecule has 1 aromatic heterocycles. The second kappa shape index (κ2) is 5.40. The zero-order chi connectivity index (χ0) is 14.0. The van der Waals surface area contributed by atoms with Gasteiger partial charge in [0.25, 0.3) is 0 Å². The molecule has 0 spiro atoms. The number of hydrogen-bond acceptors (Lipinski definition) is 5. The largest absolute Gasteiger partial charge is 0.343 e. The lowest BCUT2D eigenvalue weighted by Gasteiger charge is -2.32. The summed E-state index contributed by atoms with van der Waals surface area (Å²) in [6.07, 6.45) is 1.51. The van der Waals surface area contributed by atoms with Crippen LogP contribution in [0.1, 0.15) is 13.8 Å². The van der Waals surface area contributed by atoms with Gasteiger partial charge in [-0.05, 0) is 17.5 Å². The molecule has 0 bridgehead atoms. The van der Waals surface area contributed by atoms with Crippen LogP contribution in [0.2, 0.25) is 5.28 Å². The van der Waals surface area contributed by atoms with Crippen molar-refractivity contribution in [1.29, 1.82) is 0 Å². The standard InChI is InChI=1S/C11H14ClN5O2/c1-7(2)5-16(8-3-4-13-10(12)14-8)17-6-9(18)15-11(17)19/h3-4,7H,5-6H2,1-2H3,(H,15,18,19). The molecule has 0 atom stereocenters. The zero-order valence-corrected chi connectivity index (χ0v) is 11.4. The summed E-state index contributed by atoms with van der Waals surface area (Å²) in [5.41, 5.74) is 0. The molecule has 1 aromatic rings. The van der Waals surface area contributed by atoms with E-state index in [4.69, 9.17) is 11.6 Å². The van der Waals surface area contributed by atoms with Gasteiger partial charge < -0.3 is 0 Å². The Labute approximate surface area is 115 Å². The summed E-state index contributed by atoms with van der Waals surface area (Å²) in [7, 11) is 0. The minimum atomic E-state index is -0.458. The number of nitrogens with one attached hydrogen (secondary N) is 1. The van der Waals surface area contributed by atoms with Crippen molar-refractivity contribution in [2.75, 3.05) is 18.1 Å². The first-order chi connectivity index (χ1) is 8.97. The molecular weight excluding hydrogens is 270 g/mol. The van der Waals surface area contributed by atoms with Gasteiger partial charge in [0.05, 0.1) is 0 Å². The number of urea groups is 1. The molecule has 0 aliphatic carbocycles. The highest BCUT2D eigenvalue weighted by Gasteiger charge is 2.32. The summed E-state index contributed by atoms with van der Waals surface area (Å²) in [5.74, 6) is 0.426. The highest BCUT2D eigenvalue weighted by Crippen LogP contribution is 2.18. The van der Waals surface area contributed by atoms with Crippen LogP contribution in [-0.2, 0) is 4.79 Å². The molecule has 1 aliphatic rings. The lowest BCUT2D eigenvalue weighted by atomic mass is 10.2. The maximum Gasteiger partial charge on any atom is 0.343 e. The van der Waals surface area contributed by atoms with E-state index in [0.717, 1.165) is 0 Å². The molecule has 1 N–H and O–H groups in total. The van der Waals surface area contributed by atoms with E-state index >= 15 is 0 Å². The van der Waals surface area contributed by atoms with Crippen LogP contribution in [0.15, 0.2) is 12.3 Å². The predicted molar refractivity (Wildman–Crippen MR) is 69.5 cm³/mol. The van der Waals surface area contributed by atoms with Crippen molar-refractivity contribution < 1.29 is 9.59 Å². The van der Waals surface area contributed by atoms with E-state index in [9.17, 15) is 9.59 Å². The van der Waals surface area contributed by atoms with Crippen molar-refractivity contribution in [3.8, 4) is 0 Å². The third kappa shape index (κ3) is 3.11. The molecule has 1 aliphatic heterocycles. The number of carbonyl (C=O) groups is 2. The van der Waals surface area contributed by atoms with Crippen LogP contribution in [0.25, 0.3) is 0 Å². The van der Waals surface area contributed by atoms with Crippen molar-refractivity contribution in [2.45, 2.75) is 13.8 Å². The molecule has 19 heavy (non-hydrogen) atoms. The fourth-order valence-corrected chi connectivity index (χ4v) is 1.90. The summed E-state index contributed by atoms with van der Waals surface area (Å²) < 4.78 is 0. The molecule has 8 heteroatoms. The number of amides is 3. The van der Waals surface area contributed by atoms with Gasteiger partial charge in [0.2, 0.25) is 11.2 Å². The molecule has 2 rings (SSSR count). The van der Waals surface area contributed by atoms with Gasteiger partial charge in [0.1, 0.15) is 6.54 Å². The Bertz CT molecular complexity index is 508. The van der Waals surface area contributed by atoms with Crippen molar-refractivity contribution in [3.05, 3.63) is 17.5 Å². The summed E-state index contributed by atoms with van der Waals surface area (Å²) in [6, 6.07) is 1.19. The first-order valence-electron chi connectivity index (χ1n) is 5.84. The van der Waals surface area contributed by atoms with Crippen molar-refractivity contribution >= 4 is 29.4 Å². The van der Waals surface area contributed by atoms with Crippen molar-refractivity contribution in [2.24, 2.45) is 5.92 Å². The maximum atomic E-state index is 11.7. The molecule has 102 valence electrons. The van der Waals surface area contributed by atoms with Gasteiger partial charge in [-0.15, -0.1) is 0 Å². The fraction of sp³-hybridized carbons (Fsp3) is 0.455. The Morgan fingerprint density at radius 1 is 1.53 bits per heavy atom. The van der Waals surface area contributed by atoms with E-state index in [0.29, 0.717) is 12.4 Å². The summed E-state index contributed by atoms with van der Waals surface area (Å²) in [5, 5.41) is 5.29. The third-order valence-corrected chi connectivity index (χ3v) is 2.66. The summed E-state index contributed by atoms with van der Waals surface area (Å²) >= 11 is 5.76. The van der Waals surface area contributed by atoms with Gasteiger partial charge in [0, 0.05) is 18.8 Å². The van der Waals surface area contributed by atoms with Crippen LogP contribution < -0.4 is 10.3 Å². The molecule has 0 unspecified atom stereocenters. The Balaban J connectivity index is 2.30. The quantitative estimate of drug-likeness (QED) is 0.660. The maximum absolute atomic E-state index is 11.7. The molecule has 0 saturated carbocycles. The molecular formula is C11H14ClN5O2. The monoisotopic (exact) mass is 283 g/mol. The van der Waals surface area contributed by atoms with E-state index in [2.05, 4.69) is 15.3 Å². The van der Waals surface area contributed by atoms with E-state index in [1.165, 1.54) is 11.2 Å². The van der Waals surface area contributed by atoms with Crippen LogP contribution in [0, 0.1) is 5.92 Å². The number of anilines is 1. The zero-order valence-electron chi connectivity index (χ0n) is 10.6. The number of halogens is 1. The van der Waals surface area contributed by atoms with Gasteiger partial charge in [-0.25, -0.2) is 14.8 Å². The van der Waals surface area contributed by atoms with Gasteiger partial charge in [-0.3, -0.25) is 15.1 Å². The Kier molecular flexibility index (Phi) is 3.84. The van der Waals surface area contributed by atoms with Crippen LogP contribution in [0.4, 0.5) is 10.6 Å². The SMILES string of the molecule is CC(C)CN(c1ccnc(Cl)n1)N1CC(=O)NC1=O. The van der Waals surface area contributed by atoms with Gasteiger partial charge >= 0.3 is 6.03 Å². The smallest absolute Gasteiger partial charge is 0.275 e. The molecule has 1 fully saturated rings. The fourth-order valence-electron chi connectivity index (χ4n) is 1.76. The number of carbonyl (C=O) groups excluding carboxylic acids is 2. The summed E-state index contributed by atoms with van der Waals surface area (Å²) in [6.45, 7) is 4.53. The number of hydrazine groups is 1. The number of rotatable bonds is 4. The normalized spacial score (nSPS) is 15.1. The highest BCUT2D eigenvalue weighted by molar-refractivity contribution is 6.28. The molecule has 0 aromatic carbocycles. The average molecular weight is 284 g/mol. The van der Waals surface area contributed by atoms with Crippen molar-refractivity contribution in [3.63, 3.8) is 0 Å². The molecule has 7 nitrogen and oxygen atoms in total. The second-order valence-corrected chi connectivity index (χ2v) is 4.91. The Morgan fingerprint density at radius 3 is 2.79 bits per heavy atom. The highest BCUT2D eigenvalue weighted by atomic mass is 35.5. The predicted octanol–water partition coefficient (Wildman–Crippen LogP) is 1.06. The first-order valence-corrected chi connectivity index (χ1v) is 6.22. The molecule has 3 amide bonds.